The summed E-state index contributed by atoms with van der Waals surface area (Å²) in [5, 5.41) is 13.8. The van der Waals surface area contributed by atoms with E-state index >= 15 is 0 Å². The molecule has 0 saturated carbocycles. The van der Waals surface area contributed by atoms with Crippen LogP contribution in [0.3, 0.4) is 0 Å². The average molecular weight is 391 g/mol. The van der Waals surface area contributed by atoms with E-state index in [-0.39, 0.29) is 6.10 Å². The van der Waals surface area contributed by atoms with Crippen molar-refractivity contribution in [3.8, 4) is 0 Å². The monoisotopic (exact) mass is 390 g/mol. The molecular weight excluding hydrogens is 358 g/mol. The van der Waals surface area contributed by atoms with Crippen molar-refractivity contribution in [1.82, 2.24) is 9.78 Å². The predicted molar refractivity (Wildman–Crippen MR) is 111 cm³/mol. The molecule has 0 saturated heterocycles. The summed E-state index contributed by atoms with van der Waals surface area (Å²) in [6.45, 7) is 9.21. The number of aliphatic imine (C=N–C) groups is 1. The molecule has 2 unspecified atom stereocenters. The first-order valence-electron chi connectivity index (χ1n) is 10.1. The van der Waals surface area contributed by atoms with E-state index in [1.165, 1.54) is 11.7 Å². The molecule has 1 aromatic rings. The minimum absolute atomic E-state index is 0.0257. The fraction of sp³-hybridized carbons (Fsp3) is 0.600. The molecule has 1 aromatic heterocycles. The zero-order valence-corrected chi connectivity index (χ0v) is 17.8. The van der Waals surface area contributed by atoms with Crippen molar-refractivity contribution in [2.75, 3.05) is 13.2 Å². The molecule has 150 valence electrons. The maximum absolute atomic E-state index is 9.39. The van der Waals surface area contributed by atoms with E-state index in [4.69, 9.17) is 9.47 Å². The second-order valence-corrected chi connectivity index (χ2v) is 15.4. The van der Waals surface area contributed by atoms with Gasteiger partial charge in [0.1, 0.15) is 5.76 Å². The summed E-state index contributed by atoms with van der Waals surface area (Å²) in [5.74, 6) is 1.48. The number of ether oxygens (including phenoxy) is 2. The van der Waals surface area contributed by atoms with Gasteiger partial charge in [0.15, 0.2) is 0 Å². The van der Waals surface area contributed by atoms with Gasteiger partial charge in [0.2, 0.25) is 0 Å². The van der Waals surface area contributed by atoms with Crippen molar-refractivity contribution in [2.45, 2.75) is 63.7 Å². The molecule has 1 aliphatic heterocycles. The van der Waals surface area contributed by atoms with Crippen LogP contribution in [-0.4, -0.2) is 48.1 Å². The topological polar surface area (TPSA) is 68.9 Å². The van der Waals surface area contributed by atoms with E-state index in [1.807, 2.05) is 17.0 Å². The van der Waals surface area contributed by atoms with Gasteiger partial charge in [-0.25, -0.2) is 0 Å². The normalized spacial score (nSPS) is 23.7. The summed E-state index contributed by atoms with van der Waals surface area (Å²) in [6, 6.07) is 3.27. The number of aromatic nitrogens is 2. The van der Waals surface area contributed by atoms with E-state index in [0.717, 1.165) is 31.9 Å². The number of nitrogens with zero attached hydrogens (tertiary/aromatic N) is 3. The summed E-state index contributed by atoms with van der Waals surface area (Å²) in [6.07, 6.45) is 9.68. The van der Waals surface area contributed by atoms with Crippen molar-refractivity contribution in [1.29, 1.82) is 0 Å². The molecular formula is C20H32N3O3Si-. The second kappa shape index (κ2) is 8.88. The predicted octanol–water partition coefficient (Wildman–Crippen LogP) is 3.99. The van der Waals surface area contributed by atoms with Crippen LogP contribution in [0.25, 0.3) is 0 Å². The number of hydrogen-bond donors (Lipinski definition) is 1. The third kappa shape index (κ3) is 6.07. The number of allylic oxidation sites excluding steroid dienone is 1. The molecule has 0 amide bonds. The molecule has 27 heavy (non-hydrogen) atoms. The Hall–Kier alpha value is -1.86. The van der Waals surface area contributed by atoms with Crippen molar-refractivity contribution in [2.24, 2.45) is 4.99 Å². The van der Waals surface area contributed by atoms with Gasteiger partial charge in [-0.05, 0) is 18.2 Å². The van der Waals surface area contributed by atoms with Crippen LogP contribution in [0, 0.1) is 0 Å². The Labute approximate surface area is 162 Å². The Balaban J connectivity index is 1.49. The van der Waals surface area contributed by atoms with Gasteiger partial charge in [-0.1, -0.05) is 0 Å². The van der Waals surface area contributed by atoms with Gasteiger partial charge < -0.3 is 5.11 Å². The Morgan fingerprint density at radius 2 is 2.19 bits per heavy atom. The Morgan fingerprint density at radius 3 is 2.85 bits per heavy atom. The molecule has 2 atom stereocenters. The summed E-state index contributed by atoms with van der Waals surface area (Å²) < 4.78 is 13.8. The van der Waals surface area contributed by atoms with Crippen molar-refractivity contribution >= 4 is 14.0 Å². The number of rotatable bonds is 7. The van der Waals surface area contributed by atoms with Crippen molar-refractivity contribution in [3.05, 3.63) is 41.9 Å². The van der Waals surface area contributed by atoms with Crippen LogP contribution in [0.5, 0.6) is 0 Å². The van der Waals surface area contributed by atoms with Crippen LogP contribution in [0.4, 0.5) is 0 Å². The number of hydrogen-bond acceptors (Lipinski definition) is 5. The second-order valence-electron chi connectivity index (χ2n) is 8.89. The molecule has 0 fully saturated rings. The molecule has 2 aliphatic rings. The van der Waals surface area contributed by atoms with Crippen LogP contribution in [0.1, 0.15) is 30.9 Å². The van der Waals surface area contributed by atoms with Crippen LogP contribution in [-0.2, 0) is 16.2 Å². The third-order valence-corrected chi connectivity index (χ3v) is 7.00. The Morgan fingerprint density at radius 1 is 1.33 bits per heavy atom. The van der Waals surface area contributed by atoms with E-state index in [9.17, 15) is 5.11 Å². The first-order valence-corrected chi connectivity index (χ1v) is 14.3. The molecule has 7 heteroatoms. The first kappa shape index (κ1) is 19.9. The number of aliphatic hydroxyl groups excluding tert-OH is 1. The Kier molecular flexibility index (Phi) is 6.54. The maximum atomic E-state index is 9.39. The van der Waals surface area contributed by atoms with Gasteiger partial charge in [0.05, 0.1) is 0 Å². The fourth-order valence-corrected chi connectivity index (χ4v) is 4.13. The number of aliphatic hydroxyl groups is 1. The average Bonchev–Trinajstić information content (AvgIpc) is 3.09. The Bertz CT molecular complexity index is 718. The molecule has 0 radical (unpaired) electrons. The van der Waals surface area contributed by atoms with Gasteiger partial charge in [-0.15, -0.1) is 0 Å². The molecule has 3 rings (SSSR count). The molecule has 1 aliphatic carbocycles. The standard InChI is InChI=1S/C20H32N3O3Si/c1-27(2,3)13-12-25-15-23-19(10-11-22-23)16-4-9-20(21-14-16)26-18-7-5-17(24)6-8-18/h5-7,10-11,16,18,24,27H,4,8-9,12-15H2,1-3H3/q-1. The quantitative estimate of drug-likeness (QED) is 0.564. The van der Waals surface area contributed by atoms with Gasteiger partial charge in [-0.2, -0.15) is 0 Å². The molecule has 0 spiro atoms. The third-order valence-electron chi connectivity index (χ3n) is 5.03. The molecule has 0 aromatic carbocycles. The van der Waals surface area contributed by atoms with Crippen LogP contribution >= 0.6 is 0 Å². The van der Waals surface area contributed by atoms with Crippen molar-refractivity contribution in [3.63, 3.8) is 0 Å². The van der Waals surface area contributed by atoms with Gasteiger partial charge in [0.25, 0.3) is 0 Å². The SMILES string of the molecule is C[SiH-](C)(C)CCOCn1nccc1C1CCC(OC2C=CC(O)=CC2)=NC1. The van der Waals surface area contributed by atoms with Gasteiger partial charge in [-0.3, -0.25) is 0 Å². The van der Waals surface area contributed by atoms with Gasteiger partial charge >= 0.3 is 127 Å². The summed E-state index contributed by atoms with van der Waals surface area (Å²) in [7, 11) is -1.33. The molecule has 1 N–H and O–H groups in total. The van der Waals surface area contributed by atoms with E-state index < -0.39 is 8.07 Å². The molecule has 0 bridgehead atoms. The summed E-state index contributed by atoms with van der Waals surface area (Å²) >= 11 is 0. The summed E-state index contributed by atoms with van der Waals surface area (Å²) in [5.41, 5.74) is 1.19. The van der Waals surface area contributed by atoms with Crippen LogP contribution in [0.2, 0.25) is 25.7 Å². The zero-order chi connectivity index (χ0) is 19.3. The zero-order valence-electron chi connectivity index (χ0n) is 16.7. The first-order chi connectivity index (χ1) is 12.9. The van der Waals surface area contributed by atoms with Gasteiger partial charge in [0, 0.05) is 6.42 Å². The van der Waals surface area contributed by atoms with Crippen LogP contribution < -0.4 is 0 Å². The molecule has 2 heterocycles. The van der Waals surface area contributed by atoms with Crippen molar-refractivity contribution < 1.29 is 14.6 Å². The van der Waals surface area contributed by atoms with E-state index in [0.29, 0.717) is 24.8 Å². The fourth-order valence-electron chi connectivity index (χ4n) is 3.25. The van der Waals surface area contributed by atoms with E-state index in [2.05, 4.69) is 35.8 Å². The summed E-state index contributed by atoms with van der Waals surface area (Å²) in [4.78, 5) is 4.65. The molecule has 6 nitrogen and oxygen atoms in total. The van der Waals surface area contributed by atoms with Crippen LogP contribution in [0.15, 0.2) is 41.2 Å². The minimum atomic E-state index is -1.33. The van der Waals surface area contributed by atoms with E-state index in [1.54, 1.807) is 12.2 Å².